The largest absolute Gasteiger partial charge is 0.374 e. The highest BCUT2D eigenvalue weighted by molar-refractivity contribution is 6.01. The third kappa shape index (κ3) is 3.57. The molecule has 0 radical (unpaired) electrons. The molecule has 0 aliphatic carbocycles. The lowest BCUT2D eigenvalue weighted by Crippen LogP contribution is -2.47. The van der Waals surface area contributed by atoms with E-state index < -0.39 is 6.04 Å². The standard InChI is InChI=1S/C14H17N3O3/c1-2-12(18)16-10-5-3-4-9(8-10)15-11-6-7-13(19)17-14(11)20/h3-5,8,11,15H,2,6-7H2,1H3,(H,16,18)(H,17,19,20). The molecule has 1 aromatic rings. The van der Waals surface area contributed by atoms with E-state index in [-0.39, 0.29) is 17.7 Å². The molecule has 6 heteroatoms. The van der Waals surface area contributed by atoms with Gasteiger partial charge in [-0.25, -0.2) is 0 Å². The first-order valence-corrected chi connectivity index (χ1v) is 6.58. The topological polar surface area (TPSA) is 87.3 Å². The highest BCUT2D eigenvalue weighted by atomic mass is 16.2. The molecule has 0 aromatic heterocycles. The highest BCUT2D eigenvalue weighted by Gasteiger charge is 2.26. The van der Waals surface area contributed by atoms with Gasteiger partial charge in [0, 0.05) is 24.2 Å². The van der Waals surface area contributed by atoms with Crippen molar-refractivity contribution >= 4 is 29.1 Å². The Balaban J connectivity index is 2.02. The van der Waals surface area contributed by atoms with E-state index in [4.69, 9.17) is 0 Å². The first kappa shape index (κ1) is 14.0. The molecule has 1 fully saturated rings. The zero-order valence-electron chi connectivity index (χ0n) is 11.2. The maximum atomic E-state index is 11.7. The second-order valence-electron chi connectivity index (χ2n) is 4.63. The minimum absolute atomic E-state index is 0.0665. The summed E-state index contributed by atoms with van der Waals surface area (Å²) in [6, 6.07) is 6.72. The molecule has 6 nitrogen and oxygen atoms in total. The molecular formula is C14H17N3O3. The Labute approximate surface area is 116 Å². The van der Waals surface area contributed by atoms with Crippen molar-refractivity contribution in [3.05, 3.63) is 24.3 Å². The number of carbonyl (C=O) groups is 3. The number of piperidine rings is 1. The van der Waals surface area contributed by atoms with Crippen LogP contribution >= 0.6 is 0 Å². The number of hydrogen-bond acceptors (Lipinski definition) is 4. The average molecular weight is 275 g/mol. The van der Waals surface area contributed by atoms with Crippen molar-refractivity contribution in [3.8, 4) is 0 Å². The van der Waals surface area contributed by atoms with E-state index in [2.05, 4.69) is 16.0 Å². The number of benzene rings is 1. The minimum Gasteiger partial charge on any atom is -0.374 e. The zero-order chi connectivity index (χ0) is 14.5. The maximum Gasteiger partial charge on any atom is 0.249 e. The van der Waals surface area contributed by atoms with Gasteiger partial charge in [0.25, 0.3) is 0 Å². The van der Waals surface area contributed by atoms with Crippen molar-refractivity contribution in [2.24, 2.45) is 0 Å². The fourth-order valence-corrected chi connectivity index (χ4v) is 1.97. The van der Waals surface area contributed by atoms with Crippen LogP contribution in [0.15, 0.2) is 24.3 Å². The van der Waals surface area contributed by atoms with Crippen LogP contribution in [0.3, 0.4) is 0 Å². The van der Waals surface area contributed by atoms with Gasteiger partial charge in [0.15, 0.2) is 0 Å². The smallest absolute Gasteiger partial charge is 0.249 e. The fraction of sp³-hybridized carbons (Fsp3) is 0.357. The van der Waals surface area contributed by atoms with Gasteiger partial charge in [0.1, 0.15) is 6.04 Å². The Morgan fingerprint density at radius 3 is 2.80 bits per heavy atom. The molecule has 106 valence electrons. The Kier molecular flexibility index (Phi) is 4.34. The molecule has 3 amide bonds. The highest BCUT2D eigenvalue weighted by Crippen LogP contribution is 2.18. The summed E-state index contributed by atoms with van der Waals surface area (Å²) in [5, 5.41) is 8.12. The zero-order valence-corrected chi connectivity index (χ0v) is 11.2. The van der Waals surface area contributed by atoms with Gasteiger partial charge in [-0.05, 0) is 24.6 Å². The normalized spacial score (nSPS) is 18.4. The van der Waals surface area contributed by atoms with Gasteiger partial charge in [-0.2, -0.15) is 0 Å². The lowest BCUT2D eigenvalue weighted by atomic mass is 10.1. The van der Waals surface area contributed by atoms with Crippen LogP contribution < -0.4 is 16.0 Å². The molecule has 1 aliphatic rings. The summed E-state index contributed by atoms with van der Waals surface area (Å²) in [6.07, 6.45) is 1.21. The SMILES string of the molecule is CCC(=O)Nc1cccc(NC2CCC(=O)NC2=O)c1. The molecule has 20 heavy (non-hydrogen) atoms. The van der Waals surface area contributed by atoms with Crippen LogP contribution in [0.5, 0.6) is 0 Å². The summed E-state index contributed by atoms with van der Waals surface area (Å²) >= 11 is 0. The monoisotopic (exact) mass is 275 g/mol. The first-order chi connectivity index (χ1) is 9.58. The number of nitrogens with one attached hydrogen (secondary N) is 3. The molecule has 1 saturated heterocycles. The Bertz CT molecular complexity index is 542. The first-order valence-electron chi connectivity index (χ1n) is 6.58. The maximum absolute atomic E-state index is 11.7. The van der Waals surface area contributed by atoms with E-state index in [1.54, 1.807) is 25.1 Å². The average Bonchev–Trinajstić information content (AvgIpc) is 2.42. The number of anilines is 2. The fourth-order valence-electron chi connectivity index (χ4n) is 1.97. The third-order valence-corrected chi connectivity index (χ3v) is 3.05. The van der Waals surface area contributed by atoms with Crippen molar-refractivity contribution in [1.29, 1.82) is 0 Å². The molecule has 0 saturated carbocycles. The van der Waals surface area contributed by atoms with Gasteiger partial charge in [-0.1, -0.05) is 13.0 Å². The predicted molar refractivity (Wildman–Crippen MR) is 75.2 cm³/mol. The van der Waals surface area contributed by atoms with Crippen LogP contribution in [0.25, 0.3) is 0 Å². The van der Waals surface area contributed by atoms with Gasteiger partial charge in [0.2, 0.25) is 17.7 Å². The third-order valence-electron chi connectivity index (χ3n) is 3.05. The molecule has 1 unspecified atom stereocenters. The number of carbonyl (C=O) groups excluding carboxylic acids is 3. The molecule has 1 heterocycles. The van der Waals surface area contributed by atoms with Crippen molar-refractivity contribution < 1.29 is 14.4 Å². The second kappa shape index (κ2) is 6.18. The van der Waals surface area contributed by atoms with Crippen molar-refractivity contribution in [3.63, 3.8) is 0 Å². The van der Waals surface area contributed by atoms with Gasteiger partial charge >= 0.3 is 0 Å². The quantitative estimate of drug-likeness (QED) is 0.722. The number of hydrogen-bond donors (Lipinski definition) is 3. The van der Waals surface area contributed by atoms with E-state index in [0.717, 1.165) is 5.69 Å². The molecule has 1 aliphatic heterocycles. The number of imide groups is 1. The van der Waals surface area contributed by atoms with Crippen molar-refractivity contribution in [1.82, 2.24) is 5.32 Å². The molecule has 3 N–H and O–H groups in total. The van der Waals surface area contributed by atoms with Gasteiger partial charge in [-0.15, -0.1) is 0 Å². The van der Waals surface area contributed by atoms with E-state index in [1.165, 1.54) is 0 Å². The van der Waals surface area contributed by atoms with Crippen LogP contribution in [0.2, 0.25) is 0 Å². The molecule has 0 spiro atoms. The number of amides is 3. The van der Waals surface area contributed by atoms with Gasteiger partial charge < -0.3 is 10.6 Å². The summed E-state index contributed by atoms with van der Waals surface area (Å²) < 4.78 is 0. The van der Waals surface area contributed by atoms with Crippen LogP contribution in [-0.2, 0) is 14.4 Å². The Morgan fingerprint density at radius 2 is 2.10 bits per heavy atom. The number of rotatable bonds is 4. The van der Waals surface area contributed by atoms with Crippen molar-refractivity contribution in [2.75, 3.05) is 10.6 Å². The van der Waals surface area contributed by atoms with E-state index in [0.29, 0.717) is 24.9 Å². The van der Waals surface area contributed by atoms with Crippen LogP contribution in [-0.4, -0.2) is 23.8 Å². The summed E-state index contributed by atoms with van der Waals surface area (Å²) in [5.41, 5.74) is 1.41. The van der Waals surface area contributed by atoms with Gasteiger partial charge in [0.05, 0.1) is 0 Å². The van der Waals surface area contributed by atoms with Crippen LogP contribution in [0.4, 0.5) is 11.4 Å². The van der Waals surface area contributed by atoms with Crippen LogP contribution in [0, 0.1) is 0 Å². The van der Waals surface area contributed by atoms with E-state index in [9.17, 15) is 14.4 Å². The Hall–Kier alpha value is -2.37. The summed E-state index contributed by atoms with van der Waals surface area (Å²) in [6.45, 7) is 1.78. The minimum atomic E-state index is -0.426. The molecule has 0 bridgehead atoms. The lowest BCUT2D eigenvalue weighted by Gasteiger charge is -2.23. The van der Waals surface area contributed by atoms with E-state index >= 15 is 0 Å². The Morgan fingerprint density at radius 1 is 1.35 bits per heavy atom. The molecule has 1 aromatic carbocycles. The van der Waals surface area contributed by atoms with Crippen molar-refractivity contribution in [2.45, 2.75) is 32.2 Å². The summed E-state index contributed by atoms with van der Waals surface area (Å²) in [5.74, 6) is -0.621. The van der Waals surface area contributed by atoms with E-state index in [1.807, 2.05) is 6.07 Å². The summed E-state index contributed by atoms with van der Waals surface area (Å²) in [7, 11) is 0. The van der Waals surface area contributed by atoms with Gasteiger partial charge in [-0.3, -0.25) is 19.7 Å². The molecular weight excluding hydrogens is 258 g/mol. The lowest BCUT2D eigenvalue weighted by molar-refractivity contribution is -0.133. The predicted octanol–water partition coefficient (Wildman–Crippen LogP) is 1.25. The molecule has 2 rings (SSSR count). The van der Waals surface area contributed by atoms with Crippen LogP contribution in [0.1, 0.15) is 26.2 Å². The molecule has 1 atom stereocenters. The second-order valence-corrected chi connectivity index (χ2v) is 4.63. The summed E-state index contributed by atoms with van der Waals surface area (Å²) in [4.78, 5) is 34.1.